The Morgan fingerprint density at radius 1 is 1.44 bits per heavy atom. The van der Waals surface area contributed by atoms with Gasteiger partial charge >= 0.3 is 0 Å². The van der Waals surface area contributed by atoms with Crippen LogP contribution in [0.4, 0.5) is 5.13 Å². The number of nitrogens with zero attached hydrogens (tertiary/aromatic N) is 3. The summed E-state index contributed by atoms with van der Waals surface area (Å²) in [7, 11) is -3.70. The van der Waals surface area contributed by atoms with Crippen LogP contribution in [0.2, 0.25) is 0 Å². The van der Waals surface area contributed by atoms with Crippen LogP contribution in [0.15, 0.2) is 28.6 Å². The predicted molar refractivity (Wildman–Crippen MR) is 66.6 cm³/mol. The van der Waals surface area contributed by atoms with Crippen molar-refractivity contribution in [2.24, 2.45) is 0 Å². The van der Waals surface area contributed by atoms with Crippen molar-refractivity contribution in [3.63, 3.8) is 0 Å². The fraction of sp³-hybridized carbons (Fsp3) is 0.100. The van der Waals surface area contributed by atoms with Crippen LogP contribution in [-0.4, -0.2) is 18.4 Å². The molecule has 0 atom stereocenters. The molecule has 0 aliphatic heterocycles. The quantitative estimate of drug-likeness (QED) is 0.919. The van der Waals surface area contributed by atoms with E-state index in [4.69, 9.17) is 5.26 Å². The Labute approximate surface area is 108 Å². The zero-order chi connectivity index (χ0) is 13.2. The molecule has 0 aromatic carbocycles. The van der Waals surface area contributed by atoms with Crippen LogP contribution in [-0.2, 0) is 10.0 Å². The monoisotopic (exact) mass is 280 g/mol. The number of anilines is 1. The zero-order valence-corrected chi connectivity index (χ0v) is 10.9. The molecular weight excluding hydrogens is 272 g/mol. The number of rotatable bonds is 3. The molecule has 2 aromatic rings. The van der Waals surface area contributed by atoms with Crippen LogP contribution in [0.3, 0.4) is 0 Å². The summed E-state index contributed by atoms with van der Waals surface area (Å²) >= 11 is 1.20. The second kappa shape index (κ2) is 4.72. The maximum Gasteiger partial charge on any atom is 0.265 e. The molecule has 0 saturated heterocycles. The number of pyridine rings is 1. The number of nitriles is 1. The summed E-state index contributed by atoms with van der Waals surface area (Å²) in [5.41, 5.74) is 0.912. The van der Waals surface area contributed by atoms with E-state index in [1.54, 1.807) is 12.3 Å². The molecule has 0 fully saturated rings. The van der Waals surface area contributed by atoms with Crippen LogP contribution in [0.25, 0.3) is 0 Å². The lowest BCUT2D eigenvalue weighted by atomic mass is 10.4. The Hall–Kier alpha value is -1.98. The lowest BCUT2D eigenvalue weighted by Gasteiger charge is -2.04. The Balaban J connectivity index is 2.28. The van der Waals surface area contributed by atoms with E-state index < -0.39 is 10.0 Å². The first-order chi connectivity index (χ1) is 8.51. The van der Waals surface area contributed by atoms with Crippen molar-refractivity contribution < 1.29 is 8.42 Å². The van der Waals surface area contributed by atoms with Crippen molar-refractivity contribution in [3.05, 3.63) is 35.1 Å². The van der Waals surface area contributed by atoms with Crippen molar-refractivity contribution in [1.82, 2.24) is 9.97 Å². The standard InChI is InChI=1S/C10H8N4O2S2/c1-7-6-17-10(13-7)14-18(15,16)9-3-2-8(4-11)12-5-9/h2-3,5-6H,1H3,(H,13,14). The Bertz CT molecular complexity index is 698. The highest BCUT2D eigenvalue weighted by atomic mass is 32.2. The van der Waals surface area contributed by atoms with Crippen molar-refractivity contribution in [2.75, 3.05) is 4.72 Å². The minimum Gasteiger partial charge on any atom is -0.255 e. The largest absolute Gasteiger partial charge is 0.265 e. The first-order valence-corrected chi connectivity index (χ1v) is 7.18. The Morgan fingerprint density at radius 3 is 2.72 bits per heavy atom. The normalized spacial score (nSPS) is 10.9. The number of hydrogen-bond acceptors (Lipinski definition) is 6. The van der Waals surface area contributed by atoms with Crippen molar-refractivity contribution in [2.45, 2.75) is 11.8 Å². The van der Waals surface area contributed by atoms with E-state index >= 15 is 0 Å². The molecule has 18 heavy (non-hydrogen) atoms. The third-order valence-corrected chi connectivity index (χ3v) is 4.33. The van der Waals surface area contributed by atoms with E-state index in [1.165, 1.54) is 23.5 Å². The number of aryl methyl sites for hydroxylation is 1. The summed E-state index contributed by atoms with van der Waals surface area (Å²) in [5.74, 6) is 0. The molecule has 92 valence electrons. The van der Waals surface area contributed by atoms with Crippen LogP contribution in [0.5, 0.6) is 0 Å². The second-order valence-corrected chi connectivity index (χ2v) is 5.93. The van der Waals surface area contributed by atoms with Gasteiger partial charge in [0, 0.05) is 11.6 Å². The first-order valence-electron chi connectivity index (χ1n) is 4.82. The molecule has 0 radical (unpaired) electrons. The molecule has 1 N–H and O–H groups in total. The van der Waals surface area contributed by atoms with Gasteiger partial charge in [0.15, 0.2) is 5.13 Å². The summed E-state index contributed by atoms with van der Waals surface area (Å²) < 4.78 is 26.2. The molecule has 0 bridgehead atoms. The molecule has 2 aromatic heterocycles. The number of thiazole rings is 1. The highest BCUT2D eigenvalue weighted by Gasteiger charge is 2.16. The van der Waals surface area contributed by atoms with E-state index in [-0.39, 0.29) is 10.6 Å². The third kappa shape index (κ3) is 2.64. The lowest BCUT2D eigenvalue weighted by molar-refractivity contribution is 0.600. The van der Waals surface area contributed by atoms with E-state index in [0.717, 1.165) is 11.9 Å². The fourth-order valence-corrected chi connectivity index (χ4v) is 3.07. The van der Waals surface area contributed by atoms with E-state index in [0.29, 0.717) is 5.13 Å². The van der Waals surface area contributed by atoms with Gasteiger partial charge in [-0.05, 0) is 19.1 Å². The Morgan fingerprint density at radius 2 is 2.22 bits per heavy atom. The molecule has 0 saturated carbocycles. The van der Waals surface area contributed by atoms with Crippen LogP contribution >= 0.6 is 11.3 Å². The molecule has 2 rings (SSSR count). The smallest absolute Gasteiger partial charge is 0.255 e. The van der Waals surface area contributed by atoms with E-state index in [1.807, 2.05) is 6.07 Å². The number of hydrogen-bond donors (Lipinski definition) is 1. The Kier molecular flexibility index (Phi) is 3.27. The molecule has 0 aliphatic rings. The summed E-state index contributed by atoms with van der Waals surface area (Å²) in [5, 5.41) is 10.6. The molecule has 0 aliphatic carbocycles. The highest BCUT2D eigenvalue weighted by Crippen LogP contribution is 2.19. The third-order valence-electron chi connectivity index (χ3n) is 2.00. The highest BCUT2D eigenvalue weighted by molar-refractivity contribution is 7.93. The average Bonchev–Trinajstić information content (AvgIpc) is 2.74. The minimum atomic E-state index is -3.70. The molecule has 0 spiro atoms. The van der Waals surface area contributed by atoms with Gasteiger partial charge in [-0.25, -0.2) is 18.4 Å². The van der Waals surface area contributed by atoms with Gasteiger partial charge in [-0.3, -0.25) is 4.72 Å². The SMILES string of the molecule is Cc1csc(NS(=O)(=O)c2ccc(C#N)nc2)n1. The lowest BCUT2D eigenvalue weighted by Crippen LogP contribution is -2.13. The fourth-order valence-electron chi connectivity index (χ4n) is 1.18. The maximum atomic E-state index is 11.9. The van der Waals surface area contributed by atoms with Gasteiger partial charge < -0.3 is 0 Å². The van der Waals surface area contributed by atoms with Gasteiger partial charge in [-0.15, -0.1) is 11.3 Å². The van der Waals surface area contributed by atoms with E-state index in [9.17, 15) is 8.42 Å². The molecule has 8 heteroatoms. The van der Waals surface area contributed by atoms with Gasteiger partial charge in [-0.1, -0.05) is 0 Å². The van der Waals surface area contributed by atoms with Gasteiger partial charge in [0.2, 0.25) is 0 Å². The minimum absolute atomic E-state index is 0.00523. The number of nitrogens with one attached hydrogen (secondary N) is 1. The van der Waals surface area contributed by atoms with Crippen molar-refractivity contribution >= 4 is 26.5 Å². The van der Waals surface area contributed by atoms with Crippen molar-refractivity contribution in [3.8, 4) is 6.07 Å². The number of sulfonamides is 1. The molecule has 0 unspecified atom stereocenters. The van der Waals surface area contributed by atoms with Crippen molar-refractivity contribution in [1.29, 1.82) is 5.26 Å². The maximum absolute atomic E-state index is 11.9. The summed E-state index contributed by atoms with van der Waals surface area (Å²) in [4.78, 5) is 7.72. The zero-order valence-electron chi connectivity index (χ0n) is 9.28. The topological polar surface area (TPSA) is 95.7 Å². The average molecular weight is 280 g/mol. The van der Waals surface area contributed by atoms with Crippen LogP contribution in [0.1, 0.15) is 11.4 Å². The predicted octanol–water partition coefficient (Wildman–Crippen LogP) is 1.52. The molecule has 0 amide bonds. The molecule has 6 nitrogen and oxygen atoms in total. The number of aromatic nitrogens is 2. The first kappa shape index (κ1) is 12.5. The summed E-state index contributed by atoms with van der Waals surface area (Å²) in [6, 6.07) is 4.50. The van der Waals surface area contributed by atoms with E-state index in [2.05, 4.69) is 14.7 Å². The molecular formula is C10H8N4O2S2. The van der Waals surface area contributed by atoms with Gasteiger partial charge in [0.1, 0.15) is 16.7 Å². The summed E-state index contributed by atoms with van der Waals surface area (Å²) in [6.07, 6.45) is 1.14. The second-order valence-electron chi connectivity index (χ2n) is 3.39. The van der Waals surface area contributed by atoms with Crippen LogP contribution < -0.4 is 4.72 Å². The van der Waals surface area contributed by atoms with Gasteiger partial charge in [0.25, 0.3) is 10.0 Å². The van der Waals surface area contributed by atoms with Gasteiger partial charge in [0.05, 0.1) is 5.69 Å². The van der Waals surface area contributed by atoms with Gasteiger partial charge in [-0.2, -0.15) is 5.26 Å². The summed E-state index contributed by atoms with van der Waals surface area (Å²) in [6.45, 7) is 1.78. The van der Waals surface area contributed by atoms with Crippen LogP contribution in [0, 0.1) is 18.3 Å². The molecule has 2 heterocycles.